The van der Waals surface area contributed by atoms with Gasteiger partial charge in [-0.25, -0.2) is 18.3 Å². The molecule has 5 aromatic rings. The second kappa shape index (κ2) is 15.9. The monoisotopic (exact) mass is 767 g/mol. The Labute approximate surface area is 319 Å². The molecule has 0 radical (unpaired) electrons. The number of imide groups is 1. The van der Waals surface area contributed by atoms with Crippen LogP contribution in [0, 0.1) is 0 Å². The molecule has 2 aliphatic heterocycles. The number of carbonyl (C=O) groups excluding carboxylic acids is 2. The lowest BCUT2D eigenvalue weighted by molar-refractivity contribution is -0.135. The smallest absolute Gasteiger partial charge is 0.329 e. The number of imidazole rings is 1. The second-order valence-electron chi connectivity index (χ2n) is 14.5. The SMILES string of the molecule is Cn1c(=O)n(C2CCC(=O)NC2=O)c2cccc(CNCCOc3cccc(S(=O)N4CCC(Nc5ncc6ccc(=O)n(C7CCCC7)c6n5)CC4)c3)c21. The van der Waals surface area contributed by atoms with E-state index in [0.29, 0.717) is 60.5 Å². The van der Waals surface area contributed by atoms with Gasteiger partial charge in [-0.2, -0.15) is 4.98 Å². The molecular formula is C39H45N9O6S. The molecular weight excluding hydrogens is 723 g/mol. The molecule has 2 aromatic carbocycles. The first kappa shape index (κ1) is 36.8. The zero-order valence-electron chi connectivity index (χ0n) is 30.7. The molecule has 16 heteroatoms. The highest BCUT2D eigenvalue weighted by atomic mass is 32.2. The summed E-state index contributed by atoms with van der Waals surface area (Å²) < 4.78 is 26.5. The van der Waals surface area contributed by atoms with Crippen LogP contribution >= 0.6 is 0 Å². The van der Waals surface area contributed by atoms with Gasteiger partial charge in [-0.15, -0.1) is 0 Å². The fraction of sp³-hybridized carbons (Fsp3) is 0.436. The lowest BCUT2D eigenvalue weighted by Crippen LogP contribution is -2.44. The van der Waals surface area contributed by atoms with Gasteiger partial charge in [0.05, 0.1) is 15.9 Å². The number of nitrogens with one attached hydrogen (secondary N) is 3. The van der Waals surface area contributed by atoms with Crippen LogP contribution in [-0.2, 0) is 34.2 Å². The van der Waals surface area contributed by atoms with Crippen molar-refractivity contribution in [3.8, 4) is 5.75 Å². The van der Waals surface area contributed by atoms with Gasteiger partial charge in [0, 0.05) is 69.4 Å². The number of hydrogen-bond donors (Lipinski definition) is 3. The molecule has 55 heavy (non-hydrogen) atoms. The maximum atomic E-state index is 13.6. The standard InChI is InChI=1S/C39H45N9O6S/c1-45-35-25(6-4-11-31(35)48(39(45)52)32-13-14-33(49)43-37(32)51)23-40-18-21-54-29-9-5-10-30(22-29)55(53)46-19-16-27(17-20-46)42-38-41-24-26-12-15-34(50)47(36(26)44-38)28-7-2-3-8-28/h4-6,9-12,15,22,24,27-28,32,40H,2-3,7-8,13-14,16-21,23H2,1H3,(H,41,42,44)(H,43,49,51). The average molecular weight is 768 g/mol. The Bertz CT molecular complexity index is 2390. The predicted octanol–water partition coefficient (Wildman–Crippen LogP) is 3.31. The molecule has 2 unspecified atom stereocenters. The molecule has 2 amide bonds. The Morgan fingerprint density at radius 2 is 1.75 bits per heavy atom. The third-order valence-corrected chi connectivity index (χ3v) is 12.4. The molecule has 3 fully saturated rings. The molecule has 2 atom stereocenters. The van der Waals surface area contributed by atoms with E-state index >= 15 is 0 Å². The zero-order chi connectivity index (χ0) is 38.1. The molecule has 1 saturated carbocycles. The van der Waals surface area contributed by atoms with E-state index in [1.54, 1.807) is 29.9 Å². The van der Waals surface area contributed by atoms with Crippen LogP contribution in [0.1, 0.15) is 69.0 Å². The number of piperidine rings is 2. The van der Waals surface area contributed by atoms with E-state index in [2.05, 4.69) is 20.9 Å². The molecule has 8 rings (SSSR count). The third-order valence-electron chi connectivity index (χ3n) is 11.0. The summed E-state index contributed by atoms with van der Waals surface area (Å²) in [6.07, 6.45) is 8.01. The van der Waals surface area contributed by atoms with Crippen molar-refractivity contribution >= 4 is 50.8 Å². The number of aromatic nitrogens is 5. The number of rotatable bonds is 12. The van der Waals surface area contributed by atoms with E-state index in [1.165, 1.54) is 4.57 Å². The van der Waals surface area contributed by atoms with Crippen molar-refractivity contribution in [2.45, 2.75) is 80.9 Å². The Morgan fingerprint density at radius 3 is 2.55 bits per heavy atom. The van der Waals surface area contributed by atoms with Crippen molar-refractivity contribution in [1.29, 1.82) is 0 Å². The van der Waals surface area contributed by atoms with Crippen molar-refractivity contribution in [2.75, 3.05) is 31.6 Å². The number of amides is 2. The largest absolute Gasteiger partial charge is 0.492 e. The summed E-state index contributed by atoms with van der Waals surface area (Å²) in [7, 11) is 0.334. The number of aryl methyl sites for hydroxylation is 1. The number of hydrogen-bond acceptors (Lipinski definition) is 10. The zero-order valence-corrected chi connectivity index (χ0v) is 31.6. The molecule has 288 valence electrons. The van der Waals surface area contributed by atoms with E-state index in [0.717, 1.165) is 55.0 Å². The molecule has 5 heterocycles. The first-order valence-corrected chi connectivity index (χ1v) is 20.1. The van der Waals surface area contributed by atoms with Crippen LogP contribution < -0.4 is 31.9 Å². The van der Waals surface area contributed by atoms with E-state index in [9.17, 15) is 23.4 Å². The van der Waals surface area contributed by atoms with E-state index in [-0.39, 0.29) is 42.1 Å². The van der Waals surface area contributed by atoms with Crippen LogP contribution in [0.3, 0.4) is 0 Å². The molecule has 0 spiro atoms. The fourth-order valence-corrected chi connectivity index (χ4v) is 9.40. The molecule has 3 aliphatic rings. The van der Waals surface area contributed by atoms with Crippen molar-refractivity contribution in [1.82, 2.24) is 38.6 Å². The number of pyridine rings is 1. The number of ether oxygens (including phenoxy) is 1. The first-order chi connectivity index (χ1) is 26.7. The summed E-state index contributed by atoms with van der Waals surface area (Å²) >= 11 is 0. The highest BCUT2D eigenvalue weighted by molar-refractivity contribution is 7.82. The fourth-order valence-electron chi connectivity index (χ4n) is 8.15. The van der Waals surface area contributed by atoms with Gasteiger partial charge in [0.1, 0.15) is 35.0 Å². The van der Waals surface area contributed by atoms with Gasteiger partial charge < -0.3 is 15.4 Å². The maximum Gasteiger partial charge on any atom is 0.329 e. The summed E-state index contributed by atoms with van der Waals surface area (Å²) in [5.41, 5.74) is 2.63. The average Bonchev–Trinajstić information content (AvgIpc) is 3.81. The molecule has 0 bridgehead atoms. The summed E-state index contributed by atoms with van der Waals surface area (Å²) in [6.45, 7) is 2.62. The number of anilines is 1. The normalized spacial score (nSPS) is 19.3. The Balaban J connectivity index is 0.832. The number of para-hydroxylation sites is 1. The van der Waals surface area contributed by atoms with Gasteiger partial charge in [0.2, 0.25) is 17.8 Å². The Kier molecular flexibility index (Phi) is 10.6. The lowest BCUT2D eigenvalue weighted by Gasteiger charge is -2.31. The molecule has 2 saturated heterocycles. The van der Waals surface area contributed by atoms with Gasteiger partial charge in [0.15, 0.2) is 0 Å². The van der Waals surface area contributed by atoms with Crippen molar-refractivity contribution < 1.29 is 18.5 Å². The molecule has 15 nitrogen and oxygen atoms in total. The summed E-state index contributed by atoms with van der Waals surface area (Å²) in [6, 6.07) is 15.9. The predicted molar refractivity (Wildman–Crippen MR) is 208 cm³/mol. The van der Waals surface area contributed by atoms with Gasteiger partial charge in [-0.3, -0.25) is 33.4 Å². The van der Waals surface area contributed by atoms with Crippen LogP contribution in [0.4, 0.5) is 5.95 Å². The molecule has 3 N–H and O–H groups in total. The van der Waals surface area contributed by atoms with Crippen LogP contribution in [0.25, 0.3) is 22.1 Å². The topological polar surface area (TPSA) is 174 Å². The lowest BCUT2D eigenvalue weighted by atomic mass is 10.1. The summed E-state index contributed by atoms with van der Waals surface area (Å²) in [4.78, 5) is 60.3. The first-order valence-electron chi connectivity index (χ1n) is 19.0. The van der Waals surface area contributed by atoms with Gasteiger partial charge in [-0.05, 0) is 68.0 Å². The van der Waals surface area contributed by atoms with Gasteiger partial charge >= 0.3 is 5.69 Å². The van der Waals surface area contributed by atoms with Crippen LogP contribution in [0.2, 0.25) is 0 Å². The number of fused-ring (bicyclic) bond motifs is 2. The van der Waals surface area contributed by atoms with Crippen LogP contribution in [-0.4, -0.2) is 76.3 Å². The van der Waals surface area contributed by atoms with Crippen molar-refractivity contribution in [3.63, 3.8) is 0 Å². The minimum atomic E-state index is -1.35. The van der Waals surface area contributed by atoms with Crippen LogP contribution in [0.15, 0.2) is 75.3 Å². The van der Waals surface area contributed by atoms with E-state index in [4.69, 9.17) is 9.72 Å². The van der Waals surface area contributed by atoms with Crippen molar-refractivity contribution in [3.05, 3.63) is 87.2 Å². The van der Waals surface area contributed by atoms with E-state index in [1.807, 2.05) is 51.3 Å². The minimum Gasteiger partial charge on any atom is -0.492 e. The third kappa shape index (κ3) is 7.58. The highest BCUT2D eigenvalue weighted by Gasteiger charge is 2.32. The maximum absolute atomic E-state index is 13.6. The molecule has 1 aliphatic carbocycles. The van der Waals surface area contributed by atoms with E-state index < -0.39 is 22.9 Å². The number of nitrogens with zero attached hydrogens (tertiary/aromatic N) is 6. The van der Waals surface area contributed by atoms with Gasteiger partial charge in [-0.1, -0.05) is 31.0 Å². The minimum absolute atomic E-state index is 0.0209. The molecule has 3 aromatic heterocycles. The van der Waals surface area contributed by atoms with Crippen molar-refractivity contribution in [2.24, 2.45) is 7.05 Å². The summed E-state index contributed by atoms with van der Waals surface area (Å²) in [5.74, 6) is 0.349. The van der Waals surface area contributed by atoms with Gasteiger partial charge in [0.25, 0.3) is 5.56 Å². The second-order valence-corrected chi connectivity index (χ2v) is 16.0. The Morgan fingerprint density at radius 1 is 0.945 bits per heavy atom. The number of carbonyl (C=O) groups is 2. The Hall–Kier alpha value is -5.19. The quantitative estimate of drug-likeness (QED) is 0.126. The number of benzene rings is 2. The highest BCUT2D eigenvalue weighted by Crippen LogP contribution is 2.31. The summed E-state index contributed by atoms with van der Waals surface area (Å²) in [5, 5.41) is 10.0. The van der Waals surface area contributed by atoms with Crippen LogP contribution in [0.5, 0.6) is 5.75 Å².